The second kappa shape index (κ2) is 11.4. The van der Waals surface area contributed by atoms with Gasteiger partial charge in [0.1, 0.15) is 29.4 Å². The Morgan fingerprint density at radius 2 is 1.90 bits per heavy atom. The Balaban J connectivity index is 1.56. The van der Waals surface area contributed by atoms with Crippen LogP contribution >= 0.6 is 0 Å². The SMILES string of the molecule is COc1ccc(N2CC=C[C@@]34O[C@H]5/C=C\CCC(=O)NC[C@H](C)OC(=O)[C@H]5[C@@H]3C(=O)N(CCCO)[C@H]4C2=O)cc1. The smallest absolute Gasteiger partial charge is 0.313 e. The predicted octanol–water partition coefficient (Wildman–Crippen LogP) is 0.959. The number of likely N-dealkylation sites (tertiary alicyclic amines) is 1. The van der Waals surface area contributed by atoms with E-state index >= 15 is 0 Å². The lowest BCUT2D eigenvalue weighted by atomic mass is 9.78. The lowest BCUT2D eigenvalue weighted by Gasteiger charge is -2.35. The van der Waals surface area contributed by atoms with E-state index in [1.165, 1.54) is 4.90 Å². The quantitative estimate of drug-likeness (QED) is 0.407. The second-order valence-corrected chi connectivity index (χ2v) is 10.5. The molecule has 0 bridgehead atoms. The predicted molar refractivity (Wildman–Crippen MR) is 143 cm³/mol. The maximum atomic E-state index is 14.3. The van der Waals surface area contributed by atoms with Crippen molar-refractivity contribution in [2.75, 3.05) is 38.3 Å². The Morgan fingerprint density at radius 3 is 2.62 bits per heavy atom. The molecule has 40 heavy (non-hydrogen) atoms. The average Bonchev–Trinajstić information content (AvgIpc) is 3.33. The summed E-state index contributed by atoms with van der Waals surface area (Å²) in [4.78, 5) is 57.1. The number of carbonyl (C=O) groups excluding carboxylic acids is 4. The molecular weight excluding hydrogens is 518 g/mol. The zero-order chi connectivity index (χ0) is 28.4. The number of hydrogen-bond acceptors (Lipinski definition) is 8. The van der Waals surface area contributed by atoms with Gasteiger partial charge in [-0.15, -0.1) is 0 Å². The molecule has 2 fully saturated rings. The molecule has 0 unspecified atom stereocenters. The second-order valence-electron chi connectivity index (χ2n) is 10.5. The van der Waals surface area contributed by atoms with Gasteiger partial charge in [-0.1, -0.05) is 24.3 Å². The Hall–Kier alpha value is -3.70. The number of nitrogens with one attached hydrogen (secondary N) is 1. The number of carbonyl (C=O) groups is 4. The van der Waals surface area contributed by atoms with Gasteiger partial charge in [0.25, 0.3) is 5.91 Å². The van der Waals surface area contributed by atoms with E-state index in [0.717, 1.165) is 0 Å². The van der Waals surface area contributed by atoms with Gasteiger partial charge >= 0.3 is 5.97 Å². The number of fused-ring (bicyclic) bond motifs is 2. The molecule has 4 aliphatic heterocycles. The van der Waals surface area contributed by atoms with Crippen LogP contribution in [0.3, 0.4) is 0 Å². The normalized spacial score (nSPS) is 33.1. The van der Waals surface area contributed by atoms with Gasteiger partial charge in [-0.05, 0) is 44.0 Å². The first-order chi connectivity index (χ1) is 19.3. The van der Waals surface area contributed by atoms with E-state index in [9.17, 15) is 24.3 Å². The van der Waals surface area contributed by atoms with Gasteiger partial charge in [0, 0.05) is 31.8 Å². The highest BCUT2D eigenvalue weighted by molar-refractivity contribution is 6.05. The van der Waals surface area contributed by atoms with Crippen molar-refractivity contribution in [3.8, 4) is 5.75 Å². The number of allylic oxidation sites excluding steroid dienone is 1. The van der Waals surface area contributed by atoms with E-state index in [0.29, 0.717) is 17.9 Å². The summed E-state index contributed by atoms with van der Waals surface area (Å²) in [5.74, 6) is -2.86. The maximum Gasteiger partial charge on any atom is 0.313 e. The van der Waals surface area contributed by atoms with E-state index in [4.69, 9.17) is 14.2 Å². The number of nitrogens with zero attached hydrogens (tertiary/aromatic N) is 2. The van der Waals surface area contributed by atoms with Crippen LogP contribution < -0.4 is 15.0 Å². The van der Waals surface area contributed by atoms with Crippen LogP contribution in [-0.2, 0) is 28.7 Å². The zero-order valence-corrected chi connectivity index (χ0v) is 22.7. The van der Waals surface area contributed by atoms with E-state index in [1.54, 1.807) is 67.5 Å². The van der Waals surface area contributed by atoms with Crippen LogP contribution in [0.4, 0.5) is 5.69 Å². The van der Waals surface area contributed by atoms with Crippen LogP contribution in [0.5, 0.6) is 5.75 Å². The van der Waals surface area contributed by atoms with Gasteiger partial charge in [0.2, 0.25) is 11.8 Å². The molecule has 214 valence electrons. The van der Waals surface area contributed by atoms with Gasteiger partial charge in [0.05, 0.1) is 25.7 Å². The third-order valence-corrected chi connectivity index (χ3v) is 7.98. The third kappa shape index (κ3) is 4.88. The minimum atomic E-state index is -1.42. The Morgan fingerprint density at radius 1 is 1.12 bits per heavy atom. The van der Waals surface area contributed by atoms with Crippen molar-refractivity contribution in [3.63, 3.8) is 0 Å². The highest BCUT2D eigenvalue weighted by Crippen LogP contribution is 2.53. The zero-order valence-electron chi connectivity index (χ0n) is 22.7. The van der Waals surface area contributed by atoms with Gasteiger partial charge in [-0.2, -0.15) is 0 Å². The minimum absolute atomic E-state index is 0.127. The van der Waals surface area contributed by atoms with Crippen molar-refractivity contribution in [2.24, 2.45) is 11.8 Å². The van der Waals surface area contributed by atoms with Gasteiger partial charge in [-0.25, -0.2) is 0 Å². The number of methoxy groups -OCH3 is 1. The highest BCUT2D eigenvalue weighted by atomic mass is 16.6. The van der Waals surface area contributed by atoms with Crippen LogP contribution in [0.15, 0.2) is 48.6 Å². The number of benzene rings is 1. The Labute approximate surface area is 232 Å². The molecule has 4 aliphatic rings. The van der Waals surface area contributed by atoms with Crippen molar-refractivity contribution in [1.29, 1.82) is 0 Å². The summed E-state index contributed by atoms with van der Waals surface area (Å²) < 4.78 is 17.6. The first-order valence-corrected chi connectivity index (χ1v) is 13.7. The van der Waals surface area contributed by atoms with Crippen LogP contribution in [0.25, 0.3) is 0 Å². The van der Waals surface area contributed by atoms with Crippen molar-refractivity contribution >= 4 is 29.4 Å². The summed E-state index contributed by atoms with van der Waals surface area (Å²) in [7, 11) is 1.56. The number of amides is 3. The van der Waals surface area contributed by atoms with Crippen LogP contribution in [0.1, 0.15) is 26.2 Å². The number of rotatable bonds is 5. The monoisotopic (exact) mass is 553 g/mol. The fourth-order valence-corrected chi connectivity index (χ4v) is 6.14. The van der Waals surface area contributed by atoms with E-state index in [-0.39, 0.29) is 56.8 Å². The fourth-order valence-electron chi connectivity index (χ4n) is 6.14. The number of anilines is 1. The molecule has 1 aromatic carbocycles. The lowest BCUT2D eigenvalue weighted by Crippen LogP contribution is -2.55. The third-order valence-electron chi connectivity index (χ3n) is 7.98. The lowest BCUT2D eigenvalue weighted by molar-refractivity contribution is -0.158. The number of hydrogen-bond donors (Lipinski definition) is 2. The van der Waals surface area contributed by atoms with E-state index in [2.05, 4.69) is 5.32 Å². The summed E-state index contributed by atoms with van der Waals surface area (Å²) in [6.45, 7) is 2.03. The molecule has 2 saturated heterocycles. The van der Waals surface area contributed by atoms with Crippen LogP contribution in [0, 0.1) is 11.8 Å². The standard InChI is InChI=1S/C29H35N3O8/c1-18-17-30-22(34)8-4-3-7-21-23(28(37)39-18)24-26(35)32(15-6-16-33)25-27(36)31(14-5-13-29(24,25)40-21)19-9-11-20(38-2)12-10-19/h3,5,7,9-13,18,21,23-25,33H,4,6,8,14-17H2,1-2H3,(H,30,34)/b7-3-/t18-,21-,23+,24+,25-,29+/m0/s1. The molecule has 3 amide bonds. The molecule has 0 radical (unpaired) electrons. The largest absolute Gasteiger partial charge is 0.497 e. The number of ether oxygens (including phenoxy) is 3. The van der Waals surface area contributed by atoms with Crippen LogP contribution in [0.2, 0.25) is 0 Å². The number of aliphatic hydroxyl groups excluding tert-OH is 1. The minimum Gasteiger partial charge on any atom is -0.497 e. The molecule has 1 aromatic rings. The highest BCUT2D eigenvalue weighted by Gasteiger charge is 2.71. The summed E-state index contributed by atoms with van der Waals surface area (Å²) >= 11 is 0. The number of cyclic esters (lactones) is 1. The van der Waals surface area contributed by atoms with Crippen molar-refractivity contribution in [2.45, 2.75) is 50.0 Å². The molecule has 11 nitrogen and oxygen atoms in total. The molecule has 0 saturated carbocycles. The van der Waals surface area contributed by atoms with Gasteiger partial charge in [0.15, 0.2) is 0 Å². The molecular formula is C29H35N3O8. The van der Waals surface area contributed by atoms with E-state index < -0.39 is 41.7 Å². The average molecular weight is 554 g/mol. The summed E-state index contributed by atoms with van der Waals surface area (Å²) in [5.41, 5.74) is -0.790. The van der Waals surface area contributed by atoms with E-state index in [1.807, 2.05) is 0 Å². The molecule has 1 spiro atoms. The number of aliphatic hydroxyl groups is 1. The fraction of sp³-hybridized carbons (Fsp3) is 0.517. The van der Waals surface area contributed by atoms with Crippen LogP contribution in [-0.4, -0.2) is 90.9 Å². The Bertz CT molecular complexity index is 1210. The summed E-state index contributed by atoms with van der Waals surface area (Å²) in [5, 5.41) is 12.3. The van der Waals surface area contributed by atoms with Gasteiger partial charge in [-0.3, -0.25) is 19.2 Å². The molecule has 0 aromatic heterocycles. The van der Waals surface area contributed by atoms with Crippen molar-refractivity contribution < 1.29 is 38.5 Å². The summed E-state index contributed by atoms with van der Waals surface area (Å²) in [6.07, 6.45) is 6.52. The molecule has 2 N–H and O–H groups in total. The van der Waals surface area contributed by atoms with Crippen molar-refractivity contribution in [1.82, 2.24) is 10.2 Å². The van der Waals surface area contributed by atoms with Crippen molar-refractivity contribution in [3.05, 3.63) is 48.6 Å². The maximum absolute atomic E-state index is 14.3. The summed E-state index contributed by atoms with van der Waals surface area (Å²) in [6, 6.07) is 6.00. The Kier molecular flexibility index (Phi) is 7.95. The van der Waals surface area contributed by atoms with Gasteiger partial charge < -0.3 is 34.4 Å². The molecule has 11 heteroatoms. The first-order valence-electron chi connectivity index (χ1n) is 13.7. The topological polar surface area (TPSA) is 135 Å². The molecule has 6 atom stereocenters. The first kappa shape index (κ1) is 27.9. The molecule has 0 aliphatic carbocycles. The molecule has 5 rings (SSSR count). The molecule has 4 heterocycles. The number of esters is 1.